The van der Waals surface area contributed by atoms with E-state index < -0.39 is 8.38 Å². The summed E-state index contributed by atoms with van der Waals surface area (Å²) in [6.45, 7) is 10.7. The summed E-state index contributed by atoms with van der Waals surface area (Å²) in [7, 11) is -2.10. The summed E-state index contributed by atoms with van der Waals surface area (Å²) in [5.41, 5.74) is 2.03. The van der Waals surface area contributed by atoms with E-state index in [1.54, 1.807) is 17.1 Å². The molecule has 3 atom stereocenters. The van der Waals surface area contributed by atoms with Crippen LogP contribution >= 0.6 is 20.0 Å². The van der Waals surface area contributed by atoms with Crippen molar-refractivity contribution in [3.8, 4) is 0 Å². The minimum absolute atomic E-state index is 0.0864. The summed E-state index contributed by atoms with van der Waals surface area (Å²) >= 11 is 6.33. The van der Waals surface area contributed by atoms with Crippen molar-refractivity contribution in [2.24, 2.45) is 21.1 Å². The molecule has 2 fully saturated rings. The first kappa shape index (κ1) is 51.8. The molecule has 1 saturated heterocycles. The van der Waals surface area contributed by atoms with Crippen molar-refractivity contribution in [1.82, 2.24) is 19.7 Å². The molecule has 0 bridgehead atoms. The molecule has 0 amide bonds. The van der Waals surface area contributed by atoms with E-state index in [9.17, 15) is 0 Å². The number of nitrogens with one attached hydrogen (secondary N) is 1. The maximum Gasteiger partial charge on any atom is 0.226 e. The first-order chi connectivity index (χ1) is 30.5. The molecule has 62 heavy (non-hydrogen) atoms. The normalized spacial score (nSPS) is 19.0. The first-order valence-corrected chi connectivity index (χ1v) is 22.9. The Balaban J connectivity index is 0.930. The first-order valence-electron chi connectivity index (χ1n) is 21.1. The van der Waals surface area contributed by atoms with Crippen LogP contribution in [0.4, 0.5) is 5.82 Å². The van der Waals surface area contributed by atoms with Crippen molar-refractivity contribution < 1.29 is 62.0 Å². The molecule has 0 spiro atoms. The largest absolute Gasteiger partial charge is 0.393 e. The molecule has 1 aliphatic carbocycles. The fraction of sp³-hybridized carbons (Fsp3) is 0.789. The Morgan fingerprint density at radius 2 is 1.48 bits per heavy atom. The molecular formula is C38H65ClN9O13P. The summed E-state index contributed by atoms with van der Waals surface area (Å²) in [6, 6.07) is 0.0864. The number of nitrogens with two attached hydrogens (primary N) is 1. The van der Waals surface area contributed by atoms with Gasteiger partial charge in [0, 0.05) is 25.3 Å². The van der Waals surface area contributed by atoms with Crippen LogP contribution in [-0.2, 0) is 52.2 Å². The summed E-state index contributed by atoms with van der Waals surface area (Å²) in [5, 5.41) is 16.8. The highest BCUT2D eigenvalue weighted by Crippen LogP contribution is 2.33. The van der Waals surface area contributed by atoms with E-state index in [-0.39, 0.29) is 43.2 Å². The number of anilines is 1. The molecule has 22 nitrogen and oxygen atoms in total. The van der Waals surface area contributed by atoms with Gasteiger partial charge in [0.25, 0.3) is 0 Å². The van der Waals surface area contributed by atoms with Gasteiger partial charge in [0.05, 0.1) is 136 Å². The maximum atomic E-state index is 9.06. The lowest BCUT2D eigenvalue weighted by molar-refractivity contribution is -0.0384. The van der Waals surface area contributed by atoms with Crippen molar-refractivity contribution in [2.75, 3.05) is 137 Å². The number of aromatic nitrogens is 4. The fourth-order valence-corrected chi connectivity index (χ4v) is 6.51. The fourth-order valence-electron chi connectivity index (χ4n) is 6.07. The molecule has 5 N–H and O–H groups in total. The summed E-state index contributed by atoms with van der Waals surface area (Å²) in [4.78, 5) is 36.8. The molecule has 1 saturated carbocycles. The van der Waals surface area contributed by atoms with Crippen LogP contribution in [0.15, 0.2) is 21.4 Å². The average molecular weight is 922 g/mol. The minimum Gasteiger partial charge on any atom is -0.393 e. The van der Waals surface area contributed by atoms with E-state index in [1.807, 2.05) is 0 Å². The van der Waals surface area contributed by atoms with Gasteiger partial charge in [-0.3, -0.25) is 4.99 Å². The number of ether oxygens (including phenoxy) is 10. The van der Waals surface area contributed by atoms with Crippen LogP contribution in [0, 0.1) is 0 Å². The Labute approximate surface area is 369 Å². The van der Waals surface area contributed by atoms with Gasteiger partial charge in [0.2, 0.25) is 5.28 Å². The van der Waals surface area contributed by atoms with Gasteiger partial charge in [-0.25, -0.2) is 4.68 Å². The SMILES string of the molecule is CCCOCCOCCOCCOCCN=C/C(COCCOCCOCCOCCO/N=C1\CCC(Nc2nc(Cl)nc3c2cnn3C2CCC(COCP(O)O)O2)C1)=N\N. The van der Waals surface area contributed by atoms with Gasteiger partial charge in [0.15, 0.2) is 20.3 Å². The van der Waals surface area contributed by atoms with Crippen LogP contribution in [0.1, 0.15) is 51.7 Å². The van der Waals surface area contributed by atoms with Crippen molar-refractivity contribution in [3.63, 3.8) is 0 Å². The molecular weight excluding hydrogens is 857 g/mol. The Kier molecular flexibility index (Phi) is 27.4. The van der Waals surface area contributed by atoms with Crippen LogP contribution in [0.2, 0.25) is 5.28 Å². The molecule has 0 radical (unpaired) electrons. The lowest BCUT2D eigenvalue weighted by atomic mass is 10.2. The van der Waals surface area contributed by atoms with E-state index in [4.69, 9.17) is 79.4 Å². The third-order valence-corrected chi connectivity index (χ3v) is 9.60. The molecule has 2 aliphatic rings. The zero-order valence-electron chi connectivity index (χ0n) is 35.7. The van der Waals surface area contributed by atoms with Gasteiger partial charge in [-0.1, -0.05) is 12.1 Å². The number of hydrazone groups is 1. The van der Waals surface area contributed by atoms with Gasteiger partial charge in [-0.2, -0.15) is 20.2 Å². The van der Waals surface area contributed by atoms with Crippen molar-refractivity contribution >= 4 is 54.5 Å². The Hall–Kier alpha value is -2.80. The number of hydrogen-bond donors (Lipinski definition) is 4. The highest BCUT2D eigenvalue weighted by Gasteiger charge is 2.30. The van der Waals surface area contributed by atoms with Gasteiger partial charge in [-0.15, -0.1) is 0 Å². The number of halogens is 1. The van der Waals surface area contributed by atoms with Crippen LogP contribution in [0.3, 0.4) is 0 Å². The number of nitrogens with zero attached hydrogens (tertiary/aromatic N) is 7. The molecule has 3 heterocycles. The minimum atomic E-state index is -2.10. The monoisotopic (exact) mass is 921 g/mol. The lowest BCUT2D eigenvalue weighted by Gasteiger charge is -2.16. The van der Waals surface area contributed by atoms with Crippen molar-refractivity contribution in [3.05, 3.63) is 11.5 Å². The third kappa shape index (κ3) is 21.7. The van der Waals surface area contributed by atoms with Crippen LogP contribution in [0.5, 0.6) is 0 Å². The quantitative estimate of drug-likeness (QED) is 0.0190. The van der Waals surface area contributed by atoms with E-state index in [0.29, 0.717) is 136 Å². The van der Waals surface area contributed by atoms with Gasteiger partial charge >= 0.3 is 0 Å². The molecule has 0 aromatic carbocycles. The maximum absolute atomic E-state index is 9.06. The zero-order valence-corrected chi connectivity index (χ0v) is 37.3. The van der Waals surface area contributed by atoms with Gasteiger partial charge in [-0.05, 0) is 43.7 Å². The zero-order chi connectivity index (χ0) is 43.9. The second-order valence-corrected chi connectivity index (χ2v) is 15.2. The number of rotatable bonds is 37. The molecule has 2 aromatic rings. The van der Waals surface area contributed by atoms with Crippen LogP contribution in [-0.4, -0.2) is 191 Å². The molecule has 1 aliphatic heterocycles. The highest BCUT2D eigenvalue weighted by atomic mass is 35.5. The van der Waals surface area contributed by atoms with Crippen molar-refractivity contribution in [2.45, 2.75) is 63.8 Å². The van der Waals surface area contributed by atoms with E-state index in [2.05, 4.69) is 42.6 Å². The Bertz CT molecular complexity index is 1580. The molecule has 3 unspecified atom stereocenters. The molecule has 352 valence electrons. The topological polar surface area (TPSA) is 261 Å². The smallest absolute Gasteiger partial charge is 0.226 e. The van der Waals surface area contributed by atoms with Crippen LogP contribution < -0.4 is 11.2 Å². The van der Waals surface area contributed by atoms with Crippen LogP contribution in [0.25, 0.3) is 11.0 Å². The number of hydrogen-bond acceptors (Lipinski definition) is 21. The average Bonchev–Trinajstić information content (AvgIpc) is 4.03. The molecule has 24 heteroatoms. The van der Waals surface area contributed by atoms with Crippen molar-refractivity contribution in [1.29, 1.82) is 0 Å². The number of fused-ring (bicyclic) bond motifs is 1. The van der Waals surface area contributed by atoms with E-state index in [1.165, 1.54) is 0 Å². The number of aliphatic imine (C=N–C) groups is 1. The highest BCUT2D eigenvalue weighted by molar-refractivity contribution is 7.44. The van der Waals surface area contributed by atoms with Gasteiger partial charge in [0.1, 0.15) is 24.5 Å². The summed E-state index contributed by atoms with van der Waals surface area (Å²) < 4.78 is 57.1. The standard InChI is InChI=1S/C38H65ClN9O13P/c1-2-8-51-10-12-53-14-15-54-13-11-52-9-7-41-25-32(46-40)27-58-21-20-56-17-16-55-18-19-57-22-23-60-47-31-4-3-30(24-31)43-36-34-26-42-48(37(34)45-38(39)44-36)35-6-5-33(61-35)28-59-29-62(49)50/h25-26,30,33,35,49-50H,2-24,27-29,40H2,1H3,(H,43,44,45)/b41-25?,46-32+,47-31+. The van der Waals surface area contributed by atoms with E-state index in [0.717, 1.165) is 43.4 Å². The lowest BCUT2D eigenvalue weighted by Crippen LogP contribution is -2.18. The second kappa shape index (κ2) is 32.8. The summed E-state index contributed by atoms with van der Waals surface area (Å²) in [5.74, 6) is 6.04. The van der Waals surface area contributed by atoms with Gasteiger partial charge < -0.3 is 73.2 Å². The molecule has 2 aromatic heterocycles. The predicted octanol–water partition coefficient (Wildman–Crippen LogP) is 2.69. The third-order valence-electron chi connectivity index (χ3n) is 9.01. The predicted molar refractivity (Wildman–Crippen MR) is 232 cm³/mol. The number of oxime groups is 1. The Morgan fingerprint density at radius 3 is 2.13 bits per heavy atom. The second-order valence-electron chi connectivity index (χ2n) is 13.9. The van der Waals surface area contributed by atoms with E-state index >= 15 is 0 Å². The molecule has 4 rings (SSSR count). The summed E-state index contributed by atoms with van der Waals surface area (Å²) in [6.07, 6.45) is 7.42. The Morgan fingerprint density at radius 1 is 0.855 bits per heavy atom.